The van der Waals surface area contributed by atoms with Gasteiger partial charge in [-0.1, -0.05) is 0 Å². The third-order valence-electron chi connectivity index (χ3n) is 3.67. The molecule has 13 heavy (non-hydrogen) atoms. The maximum absolute atomic E-state index is 11.0. The number of rotatable bonds is 1. The highest BCUT2D eigenvalue weighted by Crippen LogP contribution is 2.45. The fourth-order valence-corrected chi connectivity index (χ4v) is 2.87. The molecule has 3 heteroatoms. The first-order chi connectivity index (χ1) is 6.22. The summed E-state index contributed by atoms with van der Waals surface area (Å²) in [6.45, 7) is 2.24. The van der Waals surface area contributed by atoms with Crippen LogP contribution in [0.3, 0.4) is 0 Å². The SMILES string of the molecule is NC(=O)C1CCC2(CCCNC2)C1. The minimum atomic E-state index is -0.0950. The van der Waals surface area contributed by atoms with Crippen molar-refractivity contribution in [3.05, 3.63) is 0 Å². The van der Waals surface area contributed by atoms with Gasteiger partial charge in [0, 0.05) is 12.5 Å². The molecule has 2 rings (SSSR count). The standard InChI is InChI=1S/C10H18N2O/c11-9(13)8-2-4-10(6-8)3-1-5-12-7-10/h8,12H,1-7H2,(H2,11,13). The molecule has 0 aromatic heterocycles. The second kappa shape index (κ2) is 3.29. The molecule has 1 spiro atoms. The predicted octanol–water partition coefficient (Wildman–Crippen LogP) is 0.642. The van der Waals surface area contributed by atoms with Crippen molar-refractivity contribution in [3.63, 3.8) is 0 Å². The number of carbonyl (C=O) groups is 1. The lowest BCUT2D eigenvalue weighted by atomic mass is 9.78. The molecule has 1 aliphatic heterocycles. The molecule has 3 N–H and O–H groups in total. The molecule has 0 radical (unpaired) electrons. The van der Waals surface area contributed by atoms with E-state index in [0.29, 0.717) is 5.41 Å². The number of amides is 1. The van der Waals surface area contributed by atoms with Crippen LogP contribution in [-0.4, -0.2) is 19.0 Å². The van der Waals surface area contributed by atoms with Gasteiger partial charge in [0.2, 0.25) is 5.91 Å². The van der Waals surface area contributed by atoms with Crippen LogP contribution >= 0.6 is 0 Å². The highest BCUT2D eigenvalue weighted by Gasteiger charge is 2.41. The Morgan fingerprint density at radius 2 is 2.31 bits per heavy atom. The number of nitrogens with two attached hydrogens (primary N) is 1. The molecule has 0 bridgehead atoms. The van der Waals surface area contributed by atoms with Crippen molar-refractivity contribution in [3.8, 4) is 0 Å². The van der Waals surface area contributed by atoms with E-state index in [-0.39, 0.29) is 11.8 Å². The Labute approximate surface area is 79.1 Å². The van der Waals surface area contributed by atoms with E-state index in [1.807, 2.05) is 0 Å². The van der Waals surface area contributed by atoms with Crippen molar-refractivity contribution in [2.24, 2.45) is 17.1 Å². The van der Waals surface area contributed by atoms with Gasteiger partial charge in [-0.3, -0.25) is 4.79 Å². The molecule has 0 aromatic carbocycles. The highest BCUT2D eigenvalue weighted by molar-refractivity contribution is 5.77. The van der Waals surface area contributed by atoms with Gasteiger partial charge >= 0.3 is 0 Å². The summed E-state index contributed by atoms with van der Waals surface area (Å²) in [6.07, 6.45) is 5.76. The fraction of sp³-hybridized carbons (Fsp3) is 0.900. The van der Waals surface area contributed by atoms with E-state index in [1.54, 1.807) is 0 Å². The maximum Gasteiger partial charge on any atom is 0.220 e. The third kappa shape index (κ3) is 1.70. The first-order valence-electron chi connectivity index (χ1n) is 5.22. The van der Waals surface area contributed by atoms with Crippen LogP contribution in [0.1, 0.15) is 32.1 Å². The number of nitrogens with one attached hydrogen (secondary N) is 1. The van der Waals surface area contributed by atoms with Crippen LogP contribution in [0.2, 0.25) is 0 Å². The molecule has 3 nitrogen and oxygen atoms in total. The van der Waals surface area contributed by atoms with Crippen molar-refractivity contribution < 1.29 is 4.79 Å². The van der Waals surface area contributed by atoms with Gasteiger partial charge in [-0.15, -0.1) is 0 Å². The molecule has 0 aromatic rings. The molecule has 74 valence electrons. The van der Waals surface area contributed by atoms with Crippen LogP contribution in [0, 0.1) is 11.3 Å². The van der Waals surface area contributed by atoms with E-state index in [1.165, 1.54) is 19.3 Å². The van der Waals surface area contributed by atoms with Crippen molar-refractivity contribution in [1.29, 1.82) is 0 Å². The normalized spacial score (nSPS) is 39.5. The Balaban J connectivity index is 1.98. The second-order valence-corrected chi connectivity index (χ2v) is 4.62. The van der Waals surface area contributed by atoms with E-state index >= 15 is 0 Å². The molecule has 1 saturated carbocycles. The topological polar surface area (TPSA) is 55.1 Å². The molecule has 2 unspecified atom stereocenters. The Morgan fingerprint density at radius 1 is 1.46 bits per heavy atom. The summed E-state index contributed by atoms with van der Waals surface area (Å²) in [5, 5.41) is 3.42. The molecule has 2 fully saturated rings. The Morgan fingerprint density at radius 3 is 2.85 bits per heavy atom. The number of carbonyl (C=O) groups excluding carboxylic acids is 1. The number of piperidine rings is 1. The van der Waals surface area contributed by atoms with Crippen molar-refractivity contribution in [2.75, 3.05) is 13.1 Å². The van der Waals surface area contributed by atoms with Gasteiger partial charge in [-0.25, -0.2) is 0 Å². The molecule has 1 aliphatic carbocycles. The smallest absolute Gasteiger partial charge is 0.220 e. The number of hydrogen-bond donors (Lipinski definition) is 2. The summed E-state index contributed by atoms with van der Waals surface area (Å²) in [7, 11) is 0. The Kier molecular flexibility index (Phi) is 2.28. The minimum absolute atomic E-state index is 0.0950. The first-order valence-corrected chi connectivity index (χ1v) is 5.22. The lowest BCUT2D eigenvalue weighted by molar-refractivity contribution is -0.121. The van der Waals surface area contributed by atoms with E-state index < -0.39 is 0 Å². The highest BCUT2D eigenvalue weighted by atomic mass is 16.1. The lowest BCUT2D eigenvalue weighted by Gasteiger charge is -2.33. The molecule has 1 heterocycles. The Bertz CT molecular complexity index is 209. The number of primary amides is 1. The van der Waals surface area contributed by atoms with E-state index in [9.17, 15) is 4.79 Å². The van der Waals surface area contributed by atoms with Gasteiger partial charge in [0.25, 0.3) is 0 Å². The summed E-state index contributed by atoms with van der Waals surface area (Å²) >= 11 is 0. The third-order valence-corrected chi connectivity index (χ3v) is 3.67. The minimum Gasteiger partial charge on any atom is -0.369 e. The summed E-state index contributed by atoms with van der Waals surface area (Å²) in [5.74, 6) is 0.0577. The van der Waals surface area contributed by atoms with E-state index in [4.69, 9.17) is 5.73 Å². The maximum atomic E-state index is 11.0. The summed E-state index contributed by atoms with van der Waals surface area (Å²) in [4.78, 5) is 11.0. The lowest BCUT2D eigenvalue weighted by Crippen LogP contribution is -2.38. The zero-order chi connectivity index (χ0) is 9.31. The predicted molar refractivity (Wildman–Crippen MR) is 51.1 cm³/mol. The summed E-state index contributed by atoms with van der Waals surface area (Å²) < 4.78 is 0. The molecule has 1 amide bonds. The van der Waals surface area contributed by atoms with Crippen LogP contribution in [0.4, 0.5) is 0 Å². The van der Waals surface area contributed by atoms with Gasteiger partial charge < -0.3 is 11.1 Å². The second-order valence-electron chi connectivity index (χ2n) is 4.62. The summed E-state index contributed by atoms with van der Waals surface area (Å²) in [6, 6.07) is 0. The van der Waals surface area contributed by atoms with Crippen LogP contribution < -0.4 is 11.1 Å². The van der Waals surface area contributed by atoms with Gasteiger partial charge in [-0.05, 0) is 44.1 Å². The average Bonchev–Trinajstić information content (AvgIpc) is 2.51. The zero-order valence-corrected chi connectivity index (χ0v) is 8.01. The van der Waals surface area contributed by atoms with Gasteiger partial charge in [0.15, 0.2) is 0 Å². The first kappa shape index (κ1) is 9.00. The van der Waals surface area contributed by atoms with Gasteiger partial charge in [-0.2, -0.15) is 0 Å². The van der Waals surface area contributed by atoms with E-state index in [2.05, 4.69) is 5.32 Å². The quantitative estimate of drug-likeness (QED) is 0.625. The molecule has 2 atom stereocenters. The van der Waals surface area contributed by atoms with Crippen molar-refractivity contribution >= 4 is 5.91 Å². The van der Waals surface area contributed by atoms with Crippen molar-refractivity contribution in [1.82, 2.24) is 5.32 Å². The molecular weight excluding hydrogens is 164 g/mol. The van der Waals surface area contributed by atoms with Gasteiger partial charge in [0.05, 0.1) is 0 Å². The molecule has 1 saturated heterocycles. The zero-order valence-electron chi connectivity index (χ0n) is 8.01. The number of hydrogen-bond acceptors (Lipinski definition) is 2. The molecule has 2 aliphatic rings. The average molecular weight is 182 g/mol. The molecular formula is C10H18N2O. The van der Waals surface area contributed by atoms with Gasteiger partial charge in [0.1, 0.15) is 0 Å². The fourth-order valence-electron chi connectivity index (χ4n) is 2.87. The monoisotopic (exact) mass is 182 g/mol. The van der Waals surface area contributed by atoms with Crippen LogP contribution in [0.25, 0.3) is 0 Å². The summed E-state index contributed by atoms with van der Waals surface area (Å²) in [5.41, 5.74) is 5.74. The van der Waals surface area contributed by atoms with Crippen LogP contribution in [0.5, 0.6) is 0 Å². The van der Waals surface area contributed by atoms with E-state index in [0.717, 1.165) is 25.9 Å². The largest absolute Gasteiger partial charge is 0.369 e. The van der Waals surface area contributed by atoms with Crippen molar-refractivity contribution in [2.45, 2.75) is 32.1 Å². The van der Waals surface area contributed by atoms with Crippen LogP contribution in [-0.2, 0) is 4.79 Å². The Hall–Kier alpha value is -0.570. The van der Waals surface area contributed by atoms with Crippen LogP contribution in [0.15, 0.2) is 0 Å².